The minimum absolute atomic E-state index is 0.115. The van der Waals surface area contributed by atoms with Gasteiger partial charge in [-0.05, 0) is 31.9 Å². The largest absolute Gasteiger partial charge is 0.469 e. The number of nitrogens with zero attached hydrogens (tertiary/aromatic N) is 3. The van der Waals surface area contributed by atoms with Crippen molar-refractivity contribution in [2.24, 2.45) is 5.41 Å². The molecule has 5 nitrogen and oxygen atoms in total. The van der Waals surface area contributed by atoms with Gasteiger partial charge in [0.1, 0.15) is 0 Å². The van der Waals surface area contributed by atoms with Crippen molar-refractivity contribution in [3.63, 3.8) is 0 Å². The van der Waals surface area contributed by atoms with Crippen LogP contribution in [0.2, 0.25) is 0 Å². The summed E-state index contributed by atoms with van der Waals surface area (Å²) in [5, 5.41) is 7.94. The van der Waals surface area contributed by atoms with Gasteiger partial charge in [-0.2, -0.15) is 5.10 Å². The highest BCUT2D eigenvalue weighted by Gasteiger charge is 2.38. The molecule has 1 aromatic rings. The van der Waals surface area contributed by atoms with E-state index in [0.29, 0.717) is 0 Å². The Morgan fingerprint density at radius 1 is 1.47 bits per heavy atom. The van der Waals surface area contributed by atoms with Crippen molar-refractivity contribution in [3.05, 3.63) is 18.3 Å². The smallest absolute Gasteiger partial charge is 0.311 e. The number of hydrogen-bond donors (Lipinski definition) is 0. The third-order valence-corrected chi connectivity index (χ3v) is 3.43. The molecule has 0 radical (unpaired) electrons. The van der Waals surface area contributed by atoms with E-state index in [1.165, 1.54) is 7.11 Å². The SMILES string of the molecule is COC(=O)C1(C)CCN(c2cccnn2)CC1. The zero-order chi connectivity index (χ0) is 12.3. The van der Waals surface area contributed by atoms with E-state index in [-0.39, 0.29) is 11.4 Å². The van der Waals surface area contributed by atoms with Gasteiger partial charge in [0, 0.05) is 19.3 Å². The number of anilines is 1. The fourth-order valence-corrected chi connectivity index (χ4v) is 2.14. The highest BCUT2D eigenvalue weighted by atomic mass is 16.5. The third kappa shape index (κ3) is 2.38. The molecule has 1 aliphatic heterocycles. The molecule has 0 N–H and O–H groups in total. The van der Waals surface area contributed by atoms with Crippen LogP contribution in [0.3, 0.4) is 0 Å². The van der Waals surface area contributed by atoms with Crippen LogP contribution in [0.4, 0.5) is 5.82 Å². The number of carbonyl (C=O) groups excluding carboxylic acids is 1. The molecule has 0 atom stereocenters. The summed E-state index contributed by atoms with van der Waals surface area (Å²) in [6.07, 6.45) is 3.23. The van der Waals surface area contributed by atoms with E-state index in [0.717, 1.165) is 31.7 Å². The van der Waals surface area contributed by atoms with Crippen molar-refractivity contribution >= 4 is 11.8 Å². The van der Waals surface area contributed by atoms with Gasteiger partial charge >= 0.3 is 5.97 Å². The standard InChI is InChI=1S/C12H17N3O2/c1-12(11(16)17-2)5-8-15(9-6-12)10-4-3-7-13-14-10/h3-4,7H,5-6,8-9H2,1-2H3. The average molecular weight is 235 g/mol. The Hall–Kier alpha value is -1.65. The molecule has 0 aromatic carbocycles. The van der Waals surface area contributed by atoms with Gasteiger partial charge in [-0.1, -0.05) is 0 Å². The number of hydrogen-bond acceptors (Lipinski definition) is 5. The molecular formula is C12H17N3O2. The van der Waals surface area contributed by atoms with Crippen molar-refractivity contribution in [3.8, 4) is 0 Å². The maximum Gasteiger partial charge on any atom is 0.311 e. The first-order chi connectivity index (χ1) is 8.15. The van der Waals surface area contributed by atoms with Gasteiger partial charge in [0.05, 0.1) is 12.5 Å². The minimum atomic E-state index is -0.354. The summed E-state index contributed by atoms with van der Waals surface area (Å²) in [6.45, 7) is 3.58. The summed E-state index contributed by atoms with van der Waals surface area (Å²) in [7, 11) is 1.45. The van der Waals surface area contributed by atoms with E-state index in [4.69, 9.17) is 4.74 Å². The molecule has 0 amide bonds. The van der Waals surface area contributed by atoms with Crippen molar-refractivity contribution in [2.45, 2.75) is 19.8 Å². The Bertz CT molecular complexity index is 386. The van der Waals surface area contributed by atoms with Crippen LogP contribution in [0.5, 0.6) is 0 Å². The predicted octanol–water partition coefficient (Wildman–Crippen LogP) is 1.26. The zero-order valence-electron chi connectivity index (χ0n) is 10.2. The summed E-state index contributed by atoms with van der Waals surface area (Å²) >= 11 is 0. The van der Waals surface area contributed by atoms with Crippen LogP contribution < -0.4 is 4.90 Å². The molecule has 2 heterocycles. The van der Waals surface area contributed by atoms with E-state index >= 15 is 0 Å². The van der Waals surface area contributed by atoms with E-state index in [1.807, 2.05) is 19.1 Å². The average Bonchev–Trinajstić information content (AvgIpc) is 2.39. The van der Waals surface area contributed by atoms with Crippen molar-refractivity contribution < 1.29 is 9.53 Å². The molecule has 0 unspecified atom stereocenters. The monoisotopic (exact) mass is 235 g/mol. The maximum atomic E-state index is 11.7. The topological polar surface area (TPSA) is 55.3 Å². The number of rotatable bonds is 2. The van der Waals surface area contributed by atoms with Crippen LogP contribution in [-0.4, -0.2) is 36.4 Å². The maximum absolute atomic E-state index is 11.7. The van der Waals surface area contributed by atoms with E-state index in [2.05, 4.69) is 15.1 Å². The lowest BCUT2D eigenvalue weighted by molar-refractivity contribution is -0.152. The minimum Gasteiger partial charge on any atom is -0.469 e. The molecule has 0 aliphatic carbocycles. The first-order valence-electron chi connectivity index (χ1n) is 5.77. The second kappa shape index (κ2) is 4.69. The Kier molecular flexibility index (Phi) is 3.26. The number of carbonyl (C=O) groups is 1. The van der Waals surface area contributed by atoms with Crippen LogP contribution in [-0.2, 0) is 9.53 Å². The van der Waals surface area contributed by atoms with Gasteiger partial charge in [0.15, 0.2) is 5.82 Å². The van der Waals surface area contributed by atoms with Crippen molar-refractivity contribution in [2.75, 3.05) is 25.1 Å². The first kappa shape index (κ1) is 11.8. The van der Waals surface area contributed by atoms with Crippen LogP contribution in [0.25, 0.3) is 0 Å². The summed E-state index contributed by atoms with van der Waals surface area (Å²) in [5.74, 6) is 0.760. The van der Waals surface area contributed by atoms with Crippen LogP contribution >= 0.6 is 0 Å². The molecule has 17 heavy (non-hydrogen) atoms. The van der Waals surface area contributed by atoms with Crippen molar-refractivity contribution in [1.82, 2.24) is 10.2 Å². The van der Waals surface area contributed by atoms with Crippen LogP contribution in [0, 0.1) is 5.41 Å². The second-order valence-electron chi connectivity index (χ2n) is 4.62. The molecule has 1 aliphatic rings. The molecule has 0 spiro atoms. The van der Waals surface area contributed by atoms with Gasteiger partial charge in [0.2, 0.25) is 0 Å². The summed E-state index contributed by atoms with van der Waals surface area (Å²) in [4.78, 5) is 13.8. The molecule has 2 rings (SSSR count). The first-order valence-corrected chi connectivity index (χ1v) is 5.77. The van der Waals surface area contributed by atoms with E-state index in [9.17, 15) is 4.79 Å². The van der Waals surface area contributed by atoms with Crippen LogP contribution in [0.15, 0.2) is 18.3 Å². The molecule has 1 fully saturated rings. The molecule has 1 saturated heterocycles. The Morgan fingerprint density at radius 2 is 2.18 bits per heavy atom. The second-order valence-corrected chi connectivity index (χ2v) is 4.62. The number of piperidine rings is 1. The predicted molar refractivity (Wildman–Crippen MR) is 63.6 cm³/mol. The zero-order valence-corrected chi connectivity index (χ0v) is 10.2. The van der Waals surface area contributed by atoms with Gasteiger partial charge in [-0.25, -0.2) is 0 Å². The van der Waals surface area contributed by atoms with E-state index < -0.39 is 0 Å². The lowest BCUT2D eigenvalue weighted by Gasteiger charge is -2.37. The lowest BCUT2D eigenvalue weighted by atomic mass is 9.80. The highest BCUT2D eigenvalue weighted by Crippen LogP contribution is 2.33. The number of ether oxygens (including phenoxy) is 1. The molecule has 0 saturated carbocycles. The van der Waals surface area contributed by atoms with Gasteiger partial charge < -0.3 is 9.64 Å². The Balaban J connectivity index is 2.01. The summed E-state index contributed by atoms with van der Waals surface area (Å²) in [6, 6.07) is 3.81. The van der Waals surface area contributed by atoms with Gasteiger partial charge in [0.25, 0.3) is 0 Å². The fourth-order valence-electron chi connectivity index (χ4n) is 2.14. The molecule has 0 bridgehead atoms. The third-order valence-electron chi connectivity index (χ3n) is 3.43. The highest BCUT2D eigenvalue weighted by molar-refractivity contribution is 5.76. The quantitative estimate of drug-likeness (QED) is 0.722. The summed E-state index contributed by atoms with van der Waals surface area (Å²) in [5.41, 5.74) is -0.354. The Labute approximate surface area is 101 Å². The fraction of sp³-hybridized carbons (Fsp3) is 0.583. The lowest BCUT2D eigenvalue weighted by Crippen LogP contribution is -2.43. The van der Waals surface area contributed by atoms with Crippen LogP contribution in [0.1, 0.15) is 19.8 Å². The molecular weight excluding hydrogens is 218 g/mol. The normalized spacial score (nSPS) is 18.8. The Morgan fingerprint density at radius 3 is 2.71 bits per heavy atom. The molecule has 1 aromatic heterocycles. The van der Waals surface area contributed by atoms with Gasteiger partial charge in [-0.15, -0.1) is 5.10 Å². The van der Waals surface area contributed by atoms with Gasteiger partial charge in [-0.3, -0.25) is 4.79 Å². The number of methoxy groups -OCH3 is 1. The number of esters is 1. The van der Waals surface area contributed by atoms with E-state index in [1.54, 1.807) is 6.20 Å². The van der Waals surface area contributed by atoms with Crippen molar-refractivity contribution in [1.29, 1.82) is 0 Å². The molecule has 5 heteroatoms. The molecule has 92 valence electrons. The summed E-state index contributed by atoms with van der Waals surface area (Å²) < 4.78 is 4.85. The number of aromatic nitrogens is 2.